The number of ether oxygens (including phenoxy) is 2. The first-order valence-electron chi connectivity index (χ1n) is 10.1. The van der Waals surface area contributed by atoms with Crippen LogP contribution in [-0.4, -0.2) is 83.9 Å². The topological polar surface area (TPSA) is 216 Å². The van der Waals surface area contributed by atoms with Crippen molar-refractivity contribution in [3.05, 3.63) is 35.4 Å². The molecule has 13 nitrogen and oxygen atoms in total. The van der Waals surface area contributed by atoms with Gasteiger partial charge in [0.2, 0.25) is 17.8 Å². The normalized spacial score (nSPS) is 28.8. The summed E-state index contributed by atoms with van der Waals surface area (Å²) < 4.78 is 10.8. The van der Waals surface area contributed by atoms with Gasteiger partial charge in [-0.15, -0.1) is 0 Å². The Balaban J connectivity index is 1.58. The molecule has 2 aliphatic heterocycles. The number of hydrogen-bond acceptors (Lipinski definition) is 13. The van der Waals surface area contributed by atoms with Gasteiger partial charge >= 0.3 is 0 Å². The summed E-state index contributed by atoms with van der Waals surface area (Å²) in [5.41, 5.74) is -0.0672. The van der Waals surface area contributed by atoms with Crippen LogP contribution in [0.15, 0.2) is 24.3 Å². The predicted octanol–water partition coefficient (Wildman–Crippen LogP) is -0.674. The Hall–Kier alpha value is -3.33. The molecule has 0 aliphatic carbocycles. The number of fused-ring (bicyclic) bond motifs is 1. The summed E-state index contributed by atoms with van der Waals surface area (Å²) in [6.07, 6.45) is -9.39. The molecule has 34 heavy (non-hydrogen) atoms. The summed E-state index contributed by atoms with van der Waals surface area (Å²) in [5, 5.41) is 78.9. The Morgan fingerprint density at radius 1 is 0.912 bits per heavy atom. The van der Waals surface area contributed by atoms with Gasteiger partial charge in [0.1, 0.15) is 53.3 Å². The molecule has 0 unspecified atom stereocenters. The third-order valence-corrected chi connectivity index (χ3v) is 5.50. The lowest BCUT2D eigenvalue weighted by Gasteiger charge is -2.38. The molecule has 2 aliphatic rings. The first-order valence-corrected chi connectivity index (χ1v) is 10.1. The molecule has 2 heterocycles. The van der Waals surface area contributed by atoms with Gasteiger partial charge in [-0.2, -0.15) is 4.89 Å². The number of carbonyl (C=O) groups is 1. The van der Waals surface area contributed by atoms with Crippen molar-refractivity contribution in [1.82, 2.24) is 0 Å². The largest absolute Gasteiger partial charge is 0.508 e. The third-order valence-electron chi connectivity index (χ3n) is 5.50. The molecule has 0 bridgehead atoms. The lowest BCUT2D eigenvalue weighted by Crippen LogP contribution is -2.59. The minimum Gasteiger partial charge on any atom is -0.508 e. The van der Waals surface area contributed by atoms with Crippen LogP contribution in [0.5, 0.6) is 34.5 Å². The molecule has 0 radical (unpaired) electrons. The minimum atomic E-state index is -1.80. The van der Waals surface area contributed by atoms with E-state index >= 15 is 0 Å². The third kappa shape index (κ3) is 4.27. The second-order valence-electron chi connectivity index (χ2n) is 7.84. The average molecular weight is 482 g/mol. The number of phenols is 4. The number of rotatable bonds is 5. The van der Waals surface area contributed by atoms with E-state index in [9.17, 15) is 45.6 Å². The molecule has 184 valence electrons. The standard InChI is InChI=1S/C21H22O13/c22-6-14-17(27)19(29)20(30)21(32-14)34-33-13-5-12-15(18(28)16(13)26)10(25)4-11(31-12)7-1-8(23)3-9(24)2-7/h1-3,5,11,14,17,19-24,26-30H,4,6H2/t11-,14+,17+,19-,20+,21-/m0/s1. The van der Waals surface area contributed by atoms with Gasteiger partial charge in [-0.25, -0.2) is 0 Å². The minimum absolute atomic E-state index is 0.216. The first kappa shape index (κ1) is 23.8. The second kappa shape index (κ2) is 9.13. The van der Waals surface area contributed by atoms with Crippen molar-refractivity contribution >= 4 is 5.78 Å². The molecule has 0 aromatic heterocycles. The van der Waals surface area contributed by atoms with Crippen molar-refractivity contribution in [3.8, 4) is 34.5 Å². The van der Waals surface area contributed by atoms with Gasteiger partial charge in [0, 0.05) is 17.7 Å². The summed E-state index contributed by atoms with van der Waals surface area (Å²) in [6.45, 7) is -0.711. The van der Waals surface area contributed by atoms with E-state index in [0.717, 1.165) is 12.1 Å². The summed E-state index contributed by atoms with van der Waals surface area (Å²) in [7, 11) is 0. The Morgan fingerprint density at radius 2 is 1.59 bits per heavy atom. The van der Waals surface area contributed by atoms with Gasteiger partial charge in [0.05, 0.1) is 13.0 Å². The summed E-state index contributed by atoms with van der Waals surface area (Å²) in [4.78, 5) is 22.5. The van der Waals surface area contributed by atoms with Gasteiger partial charge in [0.15, 0.2) is 11.5 Å². The van der Waals surface area contributed by atoms with Crippen molar-refractivity contribution in [1.29, 1.82) is 0 Å². The molecular weight excluding hydrogens is 460 g/mol. The monoisotopic (exact) mass is 482 g/mol. The number of phenolic OH excluding ortho intramolecular Hbond substituents is 4. The van der Waals surface area contributed by atoms with Crippen LogP contribution in [0.3, 0.4) is 0 Å². The number of benzene rings is 2. The zero-order valence-electron chi connectivity index (χ0n) is 17.3. The van der Waals surface area contributed by atoms with Gasteiger partial charge in [0.25, 0.3) is 0 Å². The van der Waals surface area contributed by atoms with Crippen molar-refractivity contribution in [2.45, 2.75) is 43.2 Å². The van der Waals surface area contributed by atoms with Gasteiger partial charge < -0.3 is 55.2 Å². The maximum Gasteiger partial charge on any atom is 0.232 e. The number of aliphatic hydroxyl groups is 4. The van der Waals surface area contributed by atoms with Crippen LogP contribution in [0.1, 0.15) is 28.4 Å². The van der Waals surface area contributed by atoms with E-state index in [1.54, 1.807) is 0 Å². The fourth-order valence-corrected chi connectivity index (χ4v) is 3.74. The molecule has 8 N–H and O–H groups in total. The number of Topliss-reactive ketones (excluding diaryl/α,β-unsaturated/α-hetero) is 1. The van der Waals surface area contributed by atoms with Crippen LogP contribution >= 0.6 is 0 Å². The smallest absolute Gasteiger partial charge is 0.232 e. The molecule has 0 saturated carbocycles. The van der Waals surface area contributed by atoms with Crippen LogP contribution in [0.25, 0.3) is 0 Å². The number of aliphatic hydroxyl groups excluding tert-OH is 4. The van der Waals surface area contributed by atoms with Gasteiger partial charge in [-0.3, -0.25) is 4.79 Å². The number of aromatic hydroxyl groups is 4. The van der Waals surface area contributed by atoms with E-state index in [0.29, 0.717) is 0 Å². The summed E-state index contributed by atoms with van der Waals surface area (Å²) in [5.74, 6) is -3.67. The maximum absolute atomic E-state index is 12.6. The molecule has 4 rings (SSSR count). The highest BCUT2D eigenvalue weighted by Gasteiger charge is 2.45. The number of ketones is 1. The van der Waals surface area contributed by atoms with E-state index in [1.165, 1.54) is 12.1 Å². The summed E-state index contributed by atoms with van der Waals surface area (Å²) >= 11 is 0. The number of carbonyl (C=O) groups excluding carboxylic acids is 1. The first-order chi connectivity index (χ1) is 16.1. The SMILES string of the molecule is O=C1C[C@@H](c2cc(O)cc(O)c2)Oc2cc(OO[C@@H]3O[C@H](CO)[C@@H](O)[C@H](O)[C@H]3O)c(O)c(O)c21. The maximum atomic E-state index is 12.6. The highest BCUT2D eigenvalue weighted by atomic mass is 17.2. The van der Waals surface area contributed by atoms with Crippen LogP contribution in [0, 0.1) is 0 Å². The van der Waals surface area contributed by atoms with Gasteiger partial charge in [-0.1, -0.05) is 0 Å². The molecule has 13 heteroatoms. The lowest BCUT2D eigenvalue weighted by molar-refractivity contribution is -0.387. The van der Waals surface area contributed by atoms with Crippen LogP contribution in [-0.2, 0) is 9.62 Å². The quantitative estimate of drug-likeness (QED) is 0.151. The molecule has 1 fully saturated rings. The van der Waals surface area contributed by atoms with Crippen molar-refractivity contribution in [2.24, 2.45) is 0 Å². The fourth-order valence-electron chi connectivity index (χ4n) is 3.74. The number of hydrogen-bond donors (Lipinski definition) is 8. The highest BCUT2D eigenvalue weighted by Crippen LogP contribution is 2.48. The van der Waals surface area contributed by atoms with Crippen molar-refractivity contribution < 1.29 is 64.9 Å². The van der Waals surface area contributed by atoms with Crippen LogP contribution in [0.4, 0.5) is 0 Å². The van der Waals surface area contributed by atoms with E-state index < -0.39 is 66.4 Å². The molecule has 6 atom stereocenters. The highest BCUT2D eigenvalue weighted by molar-refractivity contribution is 6.03. The van der Waals surface area contributed by atoms with Crippen LogP contribution < -0.4 is 9.62 Å². The van der Waals surface area contributed by atoms with E-state index in [4.69, 9.17) is 19.2 Å². The Bertz CT molecular complexity index is 1060. The van der Waals surface area contributed by atoms with Crippen molar-refractivity contribution in [2.75, 3.05) is 6.61 Å². The average Bonchev–Trinajstić information content (AvgIpc) is 2.79. The molecule has 0 spiro atoms. The Morgan fingerprint density at radius 3 is 2.24 bits per heavy atom. The molecular formula is C21H22O13. The van der Waals surface area contributed by atoms with E-state index in [2.05, 4.69) is 0 Å². The predicted molar refractivity (Wildman–Crippen MR) is 107 cm³/mol. The van der Waals surface area contributed by atoms with E-state index in [-0.39, 0.29) is 34.8 Å². The second-order valence-corrected chi connectivity index (χ2v) is 7.84. The summed E-state index contributed by atoms with van der Waals surface area (Å²) in [6, 6.07) is 4.67. The Kier molecular flexibility index (Phi) is 6.40. The Labute approximate surface area is 191 Å². The van der Waals surface area contributed by atoms with Crippen LogP contribution in [0.2, 0.25) is 0 Å². The lowest BCUT2D eigenvalue weighted by atomic mass is 9.95. The molecule has 2 aromatic carbocycles. The van der Waals surface area contributed by atoms with Gasteiger partial charge in [-0.05, 0) is 12.1 Å². The fraction of sp³-hybridized carbons (Fsp3) is 0.381. The van der Waals surface area contributed by atoms with E-state index in [1.807, 2.05) is 0 Å². The zero-order valence-corrected chi connectivity index (χ0v) is 17.3. The van der Waals surface area contributed by atoms with Crippen molar-refractivity contribution in [3.63, 3.8) is 0 Å². The molecule has 1 saturated heterocycles. The zero-order chi connectivity index (χ0) is 24.7. The molecule has 2 aromatic rings. The molecule has 0 amide bonds.